The molecular formula is C69H115N13O15. The third kappa shape index (κ3) is 17.2. The van der Waals surface area contributed by atoms with Crippen molar-refractivity contribution in [1.29, 1.82) is 0 Å². The topological polar surface area (TPSA) is 325 Å². The summed E-state index contributed by atoms with van der Waals surface area (Å²) in [4.78, 5) is 190. The summed E-state index contributed by atoms with van der Waals surface area (Å²) in [6.45, 7) is 24.8. The smallest absolute Gasteiger partial charge is 0.248 e. The molecule has 546 valence electrons. The van der Waals surface area contributed by atoms with E-state index in [1.54, 1.807) is 108 Å². The summed E-state index contributed by atoms with van der Waals surface area (Å²) in [5.74, 6) is -13.2. The van der Waals surface area contributed by atoms with Crippen molar-refractivity contribution in [2.24, 2.45) is 41.4 Å². The van der Waals surface area contributed by atoms with Crippen LogP contribution in [0.5, 0.6) is 0 Å². The van der Waals surface area contributed by atoms with Gasteiger partial charge in [0.1, 0.15) is 60.0 Å². The Bertz CT molecular complexity index is 3070. The maximum atomic E-state index is 15.4. The van der Waals surface area contributed by atoms with Gasteiger partial charge in [-0.05, 0) is 61.3 Å². The fourth-order valence-electron chi connectivity index (χ4n) is 14.1. The molecule has 28 heteroatoms. The normalized spacial score (nSPS) is 28.4. The number of fused-ring (bicyclic) bond motifs is 5. The molecule has 1 aromatic rings. The van der Waals surface area contributed by atoms with Crippen molar-refractivity contribution in [1.82, 2.24) is 59.6 Å². The second-order valence-corrected chi connectivity index (χ2v) is 29.5. The number of hydrogen-bond acceptors (Lipinski definition) is 16. The molecule has 5 N–H and O–H groups in total. The van der Waals surface area contributed by atoms with E-state index >= 15 is 28.8 Å². The average Bonchev–Trinajstić information content (AvgIpc) is 1.54. The van der Waals surface area contributed by atoms with E-state index in [9.17, 15) is 44.2 Å². The fourth-order valence-corrected chi connectivity index (χ4v) is 14.1. The van der Waals surface area contributed by atoms with Gasteiger partial charge >= 0.3 is 0 Å². The Hall–Kier alpha value is -7.46. The van der Waals surface area contributed by atoms with E-state index in [-0.39, 0.29) is 11.3 Å². The summed E-state index contributed by atoms with van der Waals surface area (Å²) in [7, 11) is 12.2. The van der Waals surface area contributed by atoms with E-state index in [4.69, 9.17) is 0 Å². The van der Waals surface area contributed by atoms with Gasteiger partial charge in [-0.1, -0.05) is 134 Å². The largest absolute Gasteiger partial charge is 0.388 e. The first-order valence-corrected chi connectivity index (χ1v) is 34.0. The van der Waals surface area contributed by atoms with Crippen LogP contribution in [0, 0.1) is 41.4 Å². The van der Waals surface area contributed by atoms with Crippen molar-refractivity contribution in [2.45, 2.75) is 208 Å². The minimum atomic E-state index is -2.09. The van der Waals surface area contributed by atoms with Gasteiger partial charge in [-0.2, -0.15) is 0 Å². The minimum Gasteiger partial charge on any atom is -0.388 e. The van der Waals surface area contributed by atoms with Crippen LogP contribution in [0.25, 0.3) is 0 Å². The van der Waals surface area contributed by atoms with Gasteiger partial charge < -0.3 is 69.8 Å². The zero-order chi connectivity index (χ0) is 74.4. The second kappa shape index (κ2) is 32.9. The van der Waals surface area contributed by atoms with Crippen LogP contribution in [0.1, 0.15) is 142 Å². The molecule has 2 saturated heterocycles. The molecule has 28 nitrogen and oxygen atoms in total. The molecule has 4 rings (SSSR count). The Labute approximate surface area is 574 Å². The van der Waals surface area contributed by atoms with Gasteiger partial charge in [0.15, 0.2) is 6.17 Å². The predicted molar refractivity (Wildman–Crippen MR) is 364 cm³/mol. The highest BCUT2D eigenvalue weighted by Crippen LogP contribution is 2.52. The number of anilines is 1. The molecule has 3 heterocycles. The van der Waals surface area contributed by atoms with E-state index in [1.165, 1.54) is 98.0 Å². The van der Waals surface area contributed by atoms with Crippen LogP contribution in [0.2, 0.25) is 0 Å². The molecule has 97 heavy (non-hydrogen) atoms. The van der Waals surface area contributed by atoms with Crippen molar-refractivity contribution in [3.05, 3.63) is 29.8 Å². The number of amides is 12. The highest BCUT2D eigenvalue weighted by molar-refractivity contribution is 6.00. The number of hydrogen-bond donors (Lipinski definition) is 5. The van der Waals surface area contributed by atoms with Crippen LogP contribution in [-0.2, 0) is 63.1 Å². The molecule has 3 aliphatic rings. The van der Waals surface area contributed by atoms with E-state index in [2.05, 4.69) is 10.6 Å². The van der Waals surface area contributed by atoms with E-state index in [1.807, 2.05) is 6.92 Å². The Morgan fingerprint density at radius 2 is 0.876 bits per heavy atom. The molecule has 0 bridgehead atoms. The van der Waals surface area contributed by atoms with E-state index < -0.39 is 210 Å². The number of aliphatic hydroxyl groups is 2. The van der Waals surface area contributed by atoms with E-state index in [0.29, 0.717) is 24.3 Å². The summed E-state index contributed by atoms with van der Waals surface area (Å²) < 4.78 is 0. The van der Waals surface area contributed by atoms with Crippen LogP contribution >= 0.6 is 0 Å². The number of nitrogens with zero attached hydrogens (tertiary/aromatic N) is 11. The van der Waals surface area contributed by atoms with Crippen LogP contribution in [0.15, 0.2) is 24.3 Å². The van der Waals surface area contributed by atoms with Crippen molar-refractivity contribution in [3.63, 3.8) is 0 Å². The molecule has 0 aliphatic carbocycles. The van der Waals surface area contributed by atoms with Crippen LogP contribution in [0.3, 0.4) is 0 Å². The van der Waals surface area contributed by atoms with Gasteiger partial charge in [-0.15, -0.1) is 0 Å². The standard InChI is InChI=1S/C69H115N13O15/c1-26-41(12)51-61(89)77(22)54(40(10)11)65(93)78(23)53(39(8)9)62(90)73(18)35-48(84)75(20)57(68(15,16)95)66(94)80(25)56(43(14)28-3)63(91)72(17)34-47(83)70-50(37(4)5)60(88)79(24)55(42(13)27-2)64(92)74(19)36-49(85)81-46(59(87)76(21)52(38(6)7)58(86)71-51)33-69(96)44-31-29-30-32-45(44)82(97)67(69)81/h29-32,37-43,46,50-57,67,95-97H,26-28,33-36H2,1-25H3,(H,70,83)(H,71,86)/t41-,42-,43-,46-,50+,51-,52-,53-,54-,55-,56-,57+,67+,69+/m0/s1. The first-order valence-electron chi connectivity index (χ1n) is 34.0. The summed E-state index contributed by atoms with van der Waals surface area (Å²) in [6.07, 6.45) is -1.06. The number of nitrogens with one attached hydrogen (secondary N) is 2. The Morgan fingerprint density at radius 3 is 1.34 bits per heavy atom. The predicted octanol–water partition coefficient (Wildman–Crippen LogP) is 1.86. The lowest BCUT2D eigenvalue weighted by atomic mass is 9.90. The molecule has 0 saturated carbocycles. The highest BCUT2D eigenvalue weighted by Gasteiger charge is 2.64. The van der Waals surface area contributed by atoms with Gasteiger partial charge in [-0.25, -0.2) is 5.06 Å². The van der Waals surface area contributed by atoms with Gasteiger partial charge in [0.25, 0.3) is 0 Å². The van der Waals surface area contributed by atoms with Crippen molar-refractivity contribution >= 4 is 76.6 Å². The quantitative estimate of drug-likeness (QED) is 0.211. The number of rotatable bonds is 11. The van der Waals surface area contributed by atoms with Crippen molar-refractivity contribution in [3.8, 4) is 0 Å². The Balaban J connectivity index is 1.95. The molecule has 12 amide bonds. The molecule has 14 atom stereocenters. The average molecular weight is 1370 g/mol. The summed E-state index contributed by atoms with van der Waals surface area (Å²) >= 11 is 0. The molecule has 1 aromatic carbocycles. The lowest BCUT2D eigenvalue weighted by Gasteiger charge is -2.42. The van der Waals surface area contributed by atoms with Crippen LogP contribution in [0.4, 0.5) is 5.69 Å². The summed E-state index contributed by atoms with van der Waals surface area (Å²) in [5, 5.41) is 42.8. The van der Waals surface area contributed by atoms with Gasteiger partial charge in [0.05, 0.1) is 30.9 Å². The maximum Gasteiger partial charge on any atom is 0.248 e. The minimum absolute atomic E-state index is 0.148. The SMILES string of the molecule is CC[C@H](C)[C@@H]1NC(=O)[C@H](C(C)C)N(C)C(=O)[C@@H]2C[C@@]3(O)c4ccccc4N(O)[C@H]3N2C(=O)CN(C)C(=O)[C@H]([C@@H](C)CC)N(C)C(=O)[C@@H](C(C)C)NC(=O)CN(C)C(=O)[C@H]([C@@H](C)CC)N(C)C(=O)[C@H](C(C)(C)O)N(C)C(=O)CN(C)C(=O)[C@H](C(C)C)N(C)C(=O)[C@H](C(C)C)N(C)C1=O. The highest BCUT2D eigenvalue weighted by atomic mass is 16.5. The number of likely N-dealkylation sites (N-methyl/N-ethyl adjacent to an activating group) is 9. The molecule has 0 radical (unpaired) electrons. The molecule has 0 unspecified atom stereocenters. The Morgan fingerprint density at radius 1 is 0.474 bits per heavy atom. The van der Waals surface area contributed by atoms with Crippen LogP contribution < -0.4 is 15.7 Å². The maximum absolute atomic E-state index is 15.4. The fraction of sp³-hybridized carbons (Fsp3) is 0.739. The lowest BCUT2D eigenvalue weighted by Crippen LogP contribution is -2.64. The molecule has 3 aliphatic heterocycles. The zero-order valence-corrected chi connectivity index (χ0v) is 62.2. The number of para-hydroxylation sites is 1. The number of carbonyl (C=O) groups is 12. The molecule has 2 fully saturated rings. The number of benzene rings is 1. The van der Waals surface area contributed by atoms with Gasteiger partial charge in [0, 0.05) is 75.4 Å². The zero-order valence-electron chi connectivity index (χ0n) is 62.2. The van der Waals surface area contributed by atoms with Gasteiger partial charge in [0.2, 0.25) is 70.9 Å². The first-order chi connectivity index (χ1) is 44.8. The van der Waals surface area contributed by atoms with Crippen LogP contribution in [-0.4, -0.2) is 285 Å². The summed E-state index contributed by atoms with van der Waals surface area (Å²) in [6, 6.07) is -5.86. The Kier molecular flexibility index (Phi) is 27.8. The molecule has 0 aromatic heterocycles. The number of hydroxylamine groups is 1. The molecule has 0 spiro atoms. The van der Waals surface area contributed by atoms with Gasteiger partial charge in [-0.3, -0.25) is 62.7 Å². The lowest BCUT2D eigenvalue weighted by molar-refractivity contribution is -0.160. The number of carbonyl (C=O) groups excluding carboxylic acids is 12. The van der Waals surface area contributed by atoms with E-state index in [0.717, 1.165) is 34.3 Å². The van der Waals surface area contributed by atoms with Crippen molar-refractivity contribution in [2.75, 3.05) is 88.1 Å². The second-order valence-electron chi connectivity index (χ2n) is 29.5. The summed E-state index contributed by atoms with van der Waals surface area (Å²) in [5.41, 5.74) is -3.70. The van der Waals surface area contributed by atoms with Crippen molar-refractivity contribution < 1.29 is 73.0 Å². The third-order valence-electron chi connectivity index (χ3n) is 20.3. The first kappa shape index (κ1) is 82.0. The monoisotopic (exact) mass is 1370 g/mol. The molecular weight excluding hydrogens is 1250 g/mol. The third-order valence-corrected chi connectivity index (χ3v) is 20.3.